The molecule has 0 unspecified atom stereocenters. The Kier molecular flexibility index (Phi) is 13.0. The number of thiazole rings is 1. The number of phenols is 1. The quantitative estimate of drug-likeness (QED) is 0.0452. The zero-order valence-corrected chi connectivity index (χ0v) is 38.2. The second kappa shape index (κ2) is 19.4. The Hall–Kier alpha value is -7.91. The Balaban J connectivity index is 1.33. The number of benzene rings is 5. The summed E-state index contributed by atoms with van der Waals surface area (Å²) in [6.07, 6.45) is -2.36. The summed E-state index contributed by atoms with van der Waals surface area (Å²) in [4.78, 5) is 94.5. The highest BCUT2D eigenvalue weighted by molar-refractivity contribution is 7.22. The molecule has 1 spiro atoms. The second-order valence-corrected chi connectivity index (χ2v) is 17.4. The second-order valence-electron chi connectivity index (χ2n) is 16.4. The molecule has 9 rings (SSSR count). The first-order valence-corrected chi connectivity index (χ1v) is 22.7. The van der Waals surface area contributed by atoms with Crippen molar-refractivity contribution in [1.82, 2.24) is 9.88 Å². The maximum atomic E-state index is 16.3. The molecule has 17 heteroatoms. The summed E-state index contributed by atoms with van der Waals surface area (Å²) in [5.41, 5.74) is 0.569. The summed E-state index contributed by atoms with van der Waals surface area (Å²) in [7, 11) is 3.70. The molecule has 0 bridgehead atoms. The number of cyclic esters (lactones) is 1. The van der Waals surface area contributed by atoms with Crippen LogP contribution in [-0.4, -0.2) is 91.4 Å². The van der Waals surface area contributed by atoms with E-state index in [4.69, 9.17) is 23.7 Å². The molecule has 6 aromatic rings. The monoisotopic (exact) mass is 948 g/mol. The van der Waals surface area contributed by atoms with Crippen LogP contribution in [0.2, 0.25) is 0 Å². The van der Waals surface area contributed by atoms with Crippen molar-refractivity contribution < 1.29 is 57.6 Å². The van der Waals surface area contributed by atoms with E-state index in [1.54, 1.807) is 30.3 Å². The maximum Gasteiger partial charge on any atom is 0.421 e. The van der Waals surface area contributed by atoms with Gasteiger partial charge in [0.25, 0.3) is 0 Å². The first-order valence-electron chi connectivity index (χ1n) is 21.8. The molecule has 4 heterocycles. The van der Waals surface area contributed by atoms with Crippen molar-refractivity contribution in [3.63, 3.8) is 0 Å². The van der Waals surface area contributed by atoms with Gasteiger partial charge in [0.05, 0.1) is 54.7 Å². The number of anilines is 2. The van der Waals surface area contributed by atoms with Gasteiger partial charge in [-0.05, 0) is 64.7 Å². The van der Waals surface area contributed by atoms with Gasteiger partial charge in [0.1, 0.15) is 29.9 Å². The van der Waals surface area contributed by atoms with Crippen LogP contribution >= 0.6 is 11.3 Å². The van der Waals surface area contributed by atoms with E-state index in [0.717, 1.165) is 23.8 Å². The molecule has 69 heavy (non-hydrogen) atoms. The number of methoxy groups -OCH3 is 3. The predicted molar refractivity (Wildman–Crippen MR) is 251 cm³/mol. The van der Waals surface area contributed by atoms with Crippen LogP contribution < -0.4 is 10.2 Å². The van der Waals surface area contributed by atoms with Gasteiger partial charge < -0.3 is 34.1 Å². The third-order valence-electron chi connectivity index (χ3n) is 12.7. The van der Waals surface area contributed by atoms with Crippen LogP contribution in [0.5, 0.6) is 5.75 Å². The number of morpholine rings is 1. The number of fused-ring (bicyclic) bond motifs is 4. The highest BCUT2D eigenvalue weighted by Gasteiger charge is 2.76. The Morgan fingerprint density at radius 2 is 1.48 bits per heavy atom. The lowest BCUT2D eigenvalue weighted by atomic mass is 9.65. The van der Waals surface area contributed by atoms with Crippen molar-refractivity contribution >= 4 is 68.2 Å². The molecule has 16 nitrogen and oxygen atoms in total. The van der Waals surface area contributed by atoms with E-state index in [2.05, 4.69) is 22.1 Å². The molecule has 0 radical (unpaired) electrons. The third kappa shape index (κ3) is 8.22. The fourth-order valence-corrected chi connectivity index (χ4v) is 10.7. The first kappa shape index (κ1) is 46.2. The van der Waals surface area contributed by atoms with Gasteiger partial charge in [-0.15, -0.1) is 0 Å². The molecule has 3 aliphatic rings. The number of imide groups is 1. The number of amides is 3. The van der Waals surface area contributed by atoms with Gasteiger partial charge in [-0.25, -0.2) is 14.7 Å². The minimum Gasteiger partial charge on any atom is -0.508 e. The van der Waals surface area contributed by atoms with Crippen molar-refractivity contribution in [3.05, 3.63) is 155 Å². The molecule has 1 aromatic heterocycles. The molecule has 0 aliphatic carbocycles. The van der Waals surface area contributed by atoms with Gasteiger partial charge in [-0.3, -0.25) is 28.9 Å². The molecular formula is C52H44N4O12S. The number of rotatable bonds is 11. The lowest BCUT2D eigenvalue weighted by Gasteiger charge is -2.46. The minimum absolute atomic E-state index is 0.00307. The number of phenolic OH excluding ortho intramolecular Hbond substituents is 1. The van der Waals surface area contributed by atoms with Crippen molar-refractivity contribution in [2.24, 2.45) is 11.8 Å². The topological polar surface area (TPSA) is 200 Å². The number of carbonyl (C=O) groups is 6. The van der Waals surface area contributed by atoms with Crippen molar-refractivity contribution in [2.45, 2.75) is 36.1 Å². The third-order valence-corrected chi connectivity index (χ3v) is 13.6. The Morgan fingerprint density at radius 3 is 2.14 bits per heavy atom. The molecule has 3 aliphatic heterocycles. The van der Waals surface area contributed by atoms with Gasteiger partial charge in [-0.2, -0.15) is 0 Å². The van der Waals surface area contributed by atoms with E-state index < -0.39 is 77.3 Å². The standard InChI is InChI=1S/C52H44N4O12S/c1-64-27-28-67-51(63)55-38-26-21-30(13-12-18-35(46(59)65-2)47(60)66-3)29-36(38)52(49(55)62)40(45(58)54-50-53-37-19-10-11-20-39(37)69-50)42-48(61)68-43(32-16-8-5-9-17-32)41(31-14-6-4-7-15-31)56(42)44(52)33-22-24-34(57)25-23-33/h4-11,14-17,19-26,29,35,40-44,57H,18,27-28H2,1-3H3,(H,53,54,58)/t40-,41-,42-,43+,44+,52-/m1/s1. The molecule has 2 N–H and O–H groups in total. The number of ether oxygens (including phenoxy) is 5. The number of hydrogen-bond donors (Lipinski definition) is 2. The van der Waals surface area contributed by atoms with E-state index >= 15 is 14.4 Å². The number of aromatic nitrogens is 1. The van der Waals surface area contributed by atoms with E-state index in [-0.39, 0.29) is 47.3 Å². The maximum absolute atomic E-state index is 16.3. The molecule has 5 aromatic carbocycles. The number of hydrogen-bond acceptors (Lipinski definition) is 15. The zero-order valence-electron chi connectivity index (χ0n) is 37.4. The van der Waals surface area contributed by atoms with E-state index in [1.165, 1.54) is 36.6 Å². The Bertz CT molecular complexity index is 2980. The van der Waals surface area contributed by atoms with Crippen LogP contribution in [0.25, 0.3) is 10.2 Å². The Morgan fingerprint density at radius 1 is 0.812 bits per heavy atom. The number of nitrogens with zero attached hydrogens (tertiary/aromatic N) is 3. The normalized spacial score (nSPS) is 21.5. The Labute approximate surface area is 399 Å². The molecular weight excluding hydrogens is 905 g/mol. The molecule has 2 fully saturated rings. The number of esters is 3. The van der Waals surface area contributed by atoms with Crippen LogP contribution in [0.4, 0.5) is 15.6 Å². The van der Waals surface area contributed by atoms with Gasteiger partial charge in [0.2, 0.25) is 11.8 Å². The largest absolute Gasteiger partial charge is 0.508 e. The van der Waals surface area contributed by atoms with Crippen molar-refractivity contribution in [2.75, 3.05) is 44.8 Å². The van der Waals surface area contributed by atoms with Crippen molar-refractivity contribution in [1.29, 1.82) is 0 Å². The van der Waals surface area contributed by atoms with Crippen LogP contribution in [0, 0.1) is 23.7 Å². The minimum atomic E-state index is -2.19. The number of para-hydroxylation sites is 1. The zero-order chi connectivity index (χ0) is 48.4. The fraction of sp³-hybridized carbons (Fsp3) is 0.250. The highest BCUT2D eigenvalue weighted by atomic mass is 32.1. The van der Waals surface area contributed by atoms with E-state index in [0.29, 0.717) is 22.2 Å². The van der Waals surface area contributed by atoms with Crippen molar-refractivity contribution in [3.8, 4) is 17.6 Å². The number of nitrogens with one attached hydrogen (secondary N) is 1. The first-order chi connectivity index (χ1) is 33.5. The number of aromatic hydroxyl groups is 1. The van der Waals surface area contributed by atoms with Gasteiger partial charge in [-0.1, -0.05) is 108 Å². The van der Waals surface area contributed by atoms with Gasteiger partial charge >= 0.3 is 24.0 Å². The van der Waals surface area contributed by atoms with Crippen LogP contribution in [0.15, 0.2) is 127 Å². The summed E-state index contributed by atoms with van der Waals surface area (Å²) >= 11 is 1.20. The van der Waals surface area contributed by atoms with Gasteiger partial charge in [0.15, 0.2) is 11.0 Å². The summed E-state index contributed by atoms with van der Waals surface area (Å²) in [5, 5.41) is 13.9. The SMILES string of the molecule is COCCOC(=O)N1C(=O)[C@@]2(c3cc(C#CCC(C(=O)OC)C(=O)OC)ccc31)[C@H](c1ccc(O)cc1)N1[C@H](c3ccccc3)[C@H](c3ccccc3)OC(=O)[C@H]1[C@@H]2C(=O)Nc1nc2ccccc2s1. The lowest BCUT2D eigenvalue weighted by molar-refractivity contribution is -0.178. The average molecular weight is 949 g/mol. The smallest absolute Gasteiger partial charge is 0.421 e. The lowest BCUT2D eigenvalue weighted by Crippen LogP contribution is -2.54. The highest BCUT2D eigenvalue weighted by Crippen LogP contribution is 2.66. The average Bonchev–Trinajstić information content (AvgIpc) is 4.01. The fourth-order valence-electron chi connectivity index (χ4n) is 9.81. The van der Waals surface area contributed by atoms with E-state index in [1.807, 2.05) is 83.8 Å². The van der Waals surface area contributed by atoms with Crippen LogP contribution in [0.3, 0.4) is 0 Å². The molecule has 0 saturated carbocycles. The molecule has 3 amide bonds. The summed E-state index contributed by atoms with van der Waals surface area (Å²) in [6, 6.07) is 32.7. The molecule has 350 valence electrons. The van der Waals surface area contributed by atoms with Crippen LogP contribution in [-0.2, 0) is 53.1 Å². The summed E-state index contributed by atoms with van der Waals surface area (Å²) in [5.74, 6) is -1.48. The van der Waals surface area contributed by atoms with E-state index in [9.17, 15) is 19.5 Å². The number of carbonyl (C=O) groups excluding carboxylic acids is 6. The summed E-state index contributed by atoms with van der Waals surface area (Å²) in [6.45, 7) is -0.228. The van der Waals surface area contributed by atoms with Gasteiger partial charge in [0, 0.05) is 19.1 Å². The van der Waals surface area contributed by atoms with Crippen LogP contribution in [0.1, 0.15) is 52.4 Å². The predicted octanol–water partition coefficient (Wildman–Crippen LogP) is 6.79. The summed E-state index contributed by atoms with van der Waals surface area (Å²) < 4.78 is 27.7. The molecule has 2 saturated heterocycles. The molecule has 6 atom stereocenters.